The first-order valence-electron chi connectivity index (χ1n) is 7.86. The van der Waals surface area contributed by atoms with Crippen LogP contribution in [0.2, 0.25) is 0 Å². The number of benzene rings is 2. The summed E-state index contributed by atoms with van der Waals surface area (Å²) in [7, 11) is 5.76. The summed E-state index contributed by atoms with van der Waals surface area (Å²) in [6.45, 7) is 1.87. The maximum Gasteiger partial charge on any atom is 0.200 e. The van der Waals surface area contributed by atoms with Crippen LogP contribution in [-0.4, -0.2) is 37.2 Å². The maximum atomic E-state index is 12.9. The van der Waals surface area contributed by atoms with E-state index in [4.69, 9.17) is 4.74 Å². The molecule has 0 amide bonds. The molecule has 0 spiro atoms. The van der Waals surface area contributed by atoms with E-state index in [1.807, 2.05) is 42.5 Å². The van der Waals surface area contributed by atoms with E-state index >= 15 is 0 Å². The van der Waals surface area contributed by atoms with E-state index in [-0.39, 0.29) is 5.43 Å². The van der Waals surface area contributed by atoms with Crippen molar-refractivity contribution in [2.45, 2.75) is 13.0 Å². The Hall–Kier alpha value is -2.33. The lowest BCUT2D eigenvalue weighted by atomic mass is 10.1. The van der Waals surface area contributed by atoms with Crippen molar-refractivity contribution in [1.29, 1.82) is 0 Å². The van der Waals surface area contributed by atoms with Crippen LogP contribution in [0.3, 0.4) is 0 Å². The van der Waals surface area contributed by atoms with Crippen LogP contribution < -0.4 is 10.2 Å². The van der Waals surface area contributed by atoms with Gasteiger partial charge in [-0.15, -0.1) is 0 Å². The smallest absolute Gasteiger partial charge is 0.200 e. The number of para-hydroxylation sites is 1. The fourth-order valence-electron chi connectivity index (χ4n) is 3.09. The molecule has 0 saturated carbocycles. The van der Waals surface area contributed by atoms with Crippen LogP contribution in [0.4, 0.5) is 0 Å². The first-order chi connectivity index (χ1) is 11.1. The molecule has 1 aromatic heterocycles. The zero-order valence-electron chi connectivity index (χ0n) is 13.9. The Morgan fingerprint density at radius 1 is 1.04 bits per heavy atom. The molecule has 0 bridgehead atoms. The average Bonchev–Trinajstić information content (AvgIpc) is 2.57. The first-order valence-corrected chi connectivity index (χ1v) is 7.86. The van der Waals surface area contributed by atoms with Gasteiger partial charge < -0.3 is 14.2 Å². The summed E-state index contributed by atoms with van der Waals surface area (Å²) in [5.74, 6) is 0.639. The molecule has 4 nitrogen and oxygen atoms in total. The molecule has 0 aliphatic carbocycles. The van der Waals surface area contributed by atoms with Crippen LogP contribution in [0.5, 0.6) is 5.75 Å². The van der Waals surface area contributed by atoms with E-state index < -0.39 is 0 Å². The number of hydrogen-bond acceptors (Lipinski definition) is 3. The molecule has 0 aliphatic heterocycles. The molecule has 3 aromatic rings. The molecule has 0 N–H and O–H groups in total. The fraction of sp³-hybridized carbons (Fsp3) is 0.316. The van der Waals surface area contributed by atoms with E-state index in [1.54, 1.807) is 7.11 Å². The van der Waals surface area contributed by atoms with Gasteiger partial charge in [0.05, 0.1) is 23.5 Å². The fourth-order valence-corrected chi connectivity index (χ4v) is 3.09. The number of nitrogens with zero attached hydrogens (tertiary/aromatic N) is 2. The molecule has 120 valence electrons. The predicted octanol–water partition coefficient (Wildman–Crippen LogP) is 3.12. The summed E-state index contributed by atoms with van der Waals surface area (Å²) in [4.78, 5) is 15.1. The monoisotopic (exact) mass is 310 g/mol. The number of fused-ring (bicyclic) bond motifs is 2. The lowest BCUT2D eigenvalue weighted by Gasteiger charge is -2.17. The number of methoxy groups -OCH3 is 1. The number of rotatable bonds is 5. The highest BCUT2D eigenvalue weighted by molar-refractivity contribution is 5.96. The maximum absolute atomic E-state index is 12.9. The highest BCUT2D eigenvalue weighted by Gasteiger charge is 2.13. The Morgan fingerprint density at radius 2 is 1.78 bits per heavy atom. The number of ether oxygens (including phenoxy) is 1. The van der Waals surface area contributed by atoms with Gasteiger partial charge >= 0.3 is 0 Å². The quantitative estimate of drug-likeness (QED) is 0.679. The summed E-state index contributed by atoms with van der Waals surface area (Å²) in [6, 6.07) is 13.6. The number of aryl methyl sites for hydroxylation is 1. The minimum absolute atomic E-state index is 0.0388. The minimum Gasteiger partial charge on any atom is -0.496 e. The standard InChI is InChI=1S/C19H22N2O2/c1-20(2)12-7-13-21-15-9-5-4-8-14(15)19(22)18-16(21)10-6-11-17(18)23-3/h4-6,8-11H,7,12-13H2,1-3H3. The van der Waals surface area contributed by atoms with Gasteiger partial charge in [-0.2, -0.15) is 0 Å². The summed E-state index contributed by atoms with van der Waals surface area (Å²) in [6.07, 6.45) is 1.02. The van der Waals surface area contributed by atoms with Gasteiger partial charge in [0.25, 0.3) is 0 Å². The minimum atomic E-state index is 0.0388. The summed E-state index contributed by atoms with van der Waals surface area (Å²) in [5.41, 5.74) is 1.96. The summed E-state index contributed by atoms with van der Waals surface area (Å²) >= 11 is 0. The Balaban J connectivity index is 2.29. The van der Waals surface area contributed by atoms with Crippen LogP contribution in [0.25, 0.3) is 21.8 Å². The molecule has 4 heteroatoms. The molecule has 0 unspecified atom stereocenters. The van der Waals surface area contributed by atoms with E-state index in [0.29, 0.717) is 11.1 Å². The third-order valence-electron chi connectivity index (χ3n) is 4.17. The molecular formula is C19H22N2O2. The normalized spacial score (nSPS) is 11.5. The third-order valence-corrected chi connectivity index (χ3v) is 4.17. The molecular weight excluding hydrogens is 288 g/mol. The predicted molar refractivity (Wildman–Crippen MR) is 95.4 cm³/mol. The summed E-state index contributed by atoms with van der Waals surface area (Å²) < 4.78 is 7.67. The zero-order valence-corrected chi connectivity index (χ0v) is 13.9. The molecule has 0 atom stereocenters. The van der Waals surface area contributed by atoms with Crippen molar-refractivity contribution in [1.82, 2.24) is 9.47 Å². The molecule has 0 saturated heterocycles. The first kappa shape index (κ1) is 15.6. The molecule has 0 radical (unpaired) electrons. The lowest BCUT2D eigenvalue weighted by Crippen LogP contribution is -2.17. The molecule has 2 aromatic carbocycles. The van der Waals surface area contributed by atoms with Crippen molar-refractivity contribution in [2.75, 3.05) is 27.7 Å². The van der Waals surface area contributed by atoms with Gasteiger partial charge in [-0.1, -0.05) is 18.2 Å². The molecule has 1 heterocycles. The van der Waals surface area contributed by atoms with Crippen molar-refractivity contribution in [3.05, 3.63) is 52.7 Å². The Morgan fingerprint density at radius 3 is 2.52 bits per heavy atom. The van der Waals surface area contributed by atoms with Crippen molar-refractivity contribution >= 4 is 21.8 Å². The molecule has 3 rings (SSSR count). The van der Waals surface area contributed by atoms with Crippen molar-refractivity contribution < 1.29 is 4.74 Å². The second-order valence-electron chi connectivity index (χ2n) is 6.01. The van der Waals surface area contributed by atoms with Crippen molar-refractivity contribution in [3.8, 4) is 5.75 Å². The van der Waals surface area contributed by atoms with E-state index in [2.05, 4.69) is 23.6 Å². The van der Waals surface area contributed by atoms with Gasteiger partial charge in [-0.05, 0) is 51.3 Å². The highest BCUT2D eigenvalue weighted by atomic mass is 16.5. The molecule has 0 fully saturated rings. The highest BCUT2D eigenvalue weighted by Crippen LogP contribution is 2.26. The van der Waals surface area contributed by atoms with Gasteiger partial charge in [0.15, 0.2) is 0 Å². The second kappa shape index (κ2) is 6.42. The topological polar surface area (TPSA) is 34.5 Å². The van der Waals surface area contributed by atoms with Gasteiger partial charge in [-0.3, -0.25) is 4.79 Å². The summed E-state index contributed by atoms with van der Waals surface area (Å²) in [5, 5.41) is 1.41. The van der Waals surface area contributed by atoms with Gasteiger partial charge in [0.1, 0.15) is 5.75 Å². The molecule has 23 heavy (non-hydrogen) atoms. The van der Waals surface area contributed by atoms with Crippen LogP contribution >= 0.6 is 0 Å². The van der Waals surface area contributed by atoms with E-state index in [9.17, 15) is 4.79 Å². The third kappa shape index (κ3) is 2.82. The van der Waals surface area contributed by atoms with Crippen molar-refractivity contribution in [2.24, 2.45) is 0 Å². The molecule has 0 aliphatic rings. The van der Waals surface area contributed by atoms with Crippen molar-refractivity contribution in [3.63, 3.8) is 0 Å². The average molecular weight is 310 g/mol. The van der Waals surface area contributed by atoms with Gasteiger partial charge in [0.2, 0.25) is 5.43 Å². The lowest BCUT2D eigenvalue weighted by molar-refractivity contribution is 0.389. The largest absolute Gasteiger partial charge is 0.496 e. The zero-order chi connectivity index (χ0) is 16.4. The number of pyridine rings is 1. The van der Waals surface area contributed by atoms with Crippen LogP contribution in [0, 0.1) is 0 Å². The Labute approximate surface area is 135 Å². The second-order valence-corrected chi connectivity index (χ2v) is 6.01. The Bertz CT molecular complexity index is 897. The van der Waals surface area contributed by atoms with Crippen LogP contribution in [0.15, 0.2) is 47.3 Å². The number of hydrogen-bond donors (Lipinski definition) is 0. The van der Waals surface area contributed by atoms with Gasteiger partial charge in [-0.25, -0.2) is 0 Å². The van der Waals surface area contributed by atoms with Crippen LogP contribution in [-0.2, 0) is 6.54 Å². The van der Waals surface area contributed by atoms with Crippen LogP contribution in [0.1, 0.15) is 6.42 Å². The van der Waals surface area contributed by atoms with Gasteiger partial charge in [0, 0.05) is 11.9 Å². The Kier molecular flexibility index (Phi) is 4.35. The SMILES string of the molecule is COc1cccc2c1c(=O)c1ccccc1n2CCCN(C)C. The van der Waals surface area contributed by atoms with E-state index in [0.717, 1.165) is 35.9 Å². The number of aromatic nitrogens is 1. The van der Waals surface area contributed by atoms with E-state index in [1.165, 1.54) is 0 Å².